The minimum absolute atomic E-state index is 0.00273. The zero-order valence-electron chi connectivity index (χ0n) is 33.9. The Morgan fingerprint density at radius 3 is 2.23 bits per heavy atom. The first kappa shape index (κ1) is 44.2. The molecule has 2 heterocycles. The van der Waals surface area contributed by atoms with E-state index in [0.717, 1.165) is 34.4 Å². The van der Waals surface area contributed by atoms with Gasteiger partial charge in [-0.05, 0) is 78.1 Å². The van der Waals surface area contributed by atoms with E-state index in [0.29, 0.717) is 47.0 Å². The Morgan fingerprint density at radius 1 is 0.820 bits per heavy atom. The van der Waals surface area contributed by atoms with Gasteiger partial charge < -0.3 is 31.9 Å². The molecule has 0 aliphatic carbocycles. The Kier molecular flexibility index (Phi) is 14.6. The number of fused-ring (bicyclic) bond motifs is 3. The number of hydrogen-bond acceptors (Lipinski definition) is 7. The van der Waals surface area contributed by atoms with Crippen LogP contribution in [0.2, 0.25) is 0 Å². The number of benzene rings is 4. The molecule has 6 amide bonds. The SMILES string of the molecule is CC(=O)c1ccc(-c2ccc(C[C@@H]3NC(=O)[C@]4(Cc5ccccc5)CCCN(C4)C(=O)/C=C/C(=O)NCC[C@@H](C(N)=O)NC(=O)Cc4ccccc4CNC3=O)cc2)cc1Br. The van der Waals surface area contributed by atoms with Gasteiger partial charge in [0.25, 0.3) is 0 Å². The molecule has 4 aromatic rings. The molecule has 0 radical (unpaired) electrons. The lowest BCUT2D eigenvalue weighted by Gasteiger charge is -2.42. The van der Waals surface area contributed by atoms with Gasteiger partial charge in [0, 0.05) is 54.8 Å². The van der Waals surface area contributed by atoms with Crippen LogP contribution < -0.4 is 27.0 Å². The van der Waals surface area contributed by atoms with Crippen LogP contribution >= 0.6 is 15.9 Å². The van der Waals surface area contributed by atoms with Gasteiger partial charge in [-0.2, -0.15) is 0 Å². The maximum atomic E-state index is 14.8. The second-order valence-electron chi connectivity index (χ2n) is 15.6. The molecule has 0 aromatic heterocycles. The molecule has 0 spiro atoms. The van der Waals surface area contributed by atoms with Gasteiger partial charge in [0.15, 0.2) is 5.78 Å². The first-order valence-electron chi connectivity index (χ1n) is 20.2. The zero-order chi connectivity index (χ0) is 43.5. The number of piperidine rings is 1. The van der Waals surface area contributed by atoms with E-state index in [1.54, 1.807) is 35.2 Å². The van der Waals surface area contributed by atoms with Crippen LogP contribution in [0.15, 0.2) is 114 Å². The largest absolute Gasteiger partial charge is 0.368 e. The number of primary amides is 1. The number of ketones is 1. The van der Waals surface area contributed by atoms with Gasteiger partial charge in [-0.15, -0.1) is 0 Å². The van der Waals surface area contributed by atoms with Crippen molar-refractivity contribution in [2.75, 3.05) is 19.6 Å². The maximum absolute atomic E-state index is 14.8. The normalized spacial score (nSPS) is 21.3. The molecule has 4 aromatic carbocycles. The molecule has 2 bridgehead atoms. The maximum Gasteiger partial charge on any atom is 0.246 e. The van der Waals surface area contributed by atoms with Crippen molar-refractivity contribution in [3.63, 3.8) is 0 Å². The van der Waals surface area contributed by atoms with Gasteiger partial charge in [0.05, 0.1) is 11.8 Å². The van der Waals surface area contributed by atoms with Gasteiger partial charge in [-0.1, -0.05) is 101 Å². The van der Waals surface area contributed by atoms with Crippen LogP contribution in [-0.4, -0.2) is 77.8 Å². The molecule has 0 unspecified atom stereocenters. The molecule has 61 heavy (non-hydrogen) atoms. The number of hydrogen-bond donors (Lipinski definition) is 5. The molecular weight excluding hydrogens is 840 g/mol. The van der Waals surface area contributed by atoms with Crippen molar-refractivity contribution in [3.05, 3.63) is 142 Å². The predicted molar refractivity (Wildman–Crippen MR) is 233 cm³/mol. The number of Topliss-reactive ketones (excluding diaryl/α,β-unsaturated/α-hetero) is 1. The minimum atomic E-state index is -1.12. The van der Waals surface area contributed by atoms with E-state index < -0.39 is 47.0 Å². The van der Waals surface area contributed by atoms with Crippen LogP contribution in [0.5, 0.6) is 0 Å². The topological polar surface area (TPSA) is 197 Å². The summed E-state index contributed by atoms with van der Waals surface area (Å²) in [5.41, 5.74) is 9.74. The number of nitrogens with zero attached hydrogens (tertiary/aromatic N) is 1. The molecule has 6 rings (SSSR count). The van der Waals surface area contributed by atoms with E-state index in [9.17, 15) is 33.6 Å². The lowest BCUT2D eigenvalue weighted by Crippen LogP contribution is -2.58. The number of carbonyl (C=O) groups is 7. The second-order valence-corrected chi connectivity index (χ2v) is 16.4. The van der Waals surface area contributed by atoms with Gasteiger partial charge >= 0.3 is 0 Å². The standard InChI is InChI=1S/C47H49BrN6O7/c1-30(55)37-17-16-35(25-38(37)48)33-14-12-31(13-15-33)24-40-45(60)51-28-36-11-6-5-10-34(36)26-42(57)52-39(44(49)59)20-22-50-41(56)18-19-43(58)54-23-7-21-47(29-54,46(61)53-40)27-32-8-3-2-4-9-32/h2-6,8-19,25,39-40H,7,20-24,26-29H2,1H3,(H2,49,59)(H,50,56)(H,51,60)(H,52,57)(H,53,61)/b19-18+/t39-,40-,47-/m0/s1. The summed E-state index contributed by atoms with van der Waals surface area (Å²) >= 11 is 3.50. The van der Waals surface area contributed by atoms with Crippen LogP contribution in [0.25, 0.3) is 11.1 Å². The first-order chi connectivity index (χ1) is 29.3. The summed E-state index contributed by atoms with van der Waals surface area (Å²) in [5, 5.41) is 11.4. The third kappa shape index (κ3) is 11.7. The van der Waals surface area contributed by atoms with E-state index in [2.05, 4.69) is 37.2 Å². The van der Waals surface area contributed by atoms with Gasteiger partial charge in [0.2, 0.25) is 35.4 Å². The predicted octanol–water partition coefficient (Wildman–Crippen LogP) is 4.10. The van der Waals surface area contributed by atoms with Crippen LogP contribution in [0, 0.1) is 5.41 Å². The van der Waals surface area contributed by atoms with Crippen molar-refractivity contribution in [3.8, 4) is 11.1 Å². The Labute approximate surface area is 363 Å². The second kappa shape index (κ2) is 20.2. The summed E-state index contributed by atoms with van der Waals surface area (Å²) in [4.78, 5) is 94.5. The summed E-state index contributed by atoms with van der Waals surface area (Å²) in [7, 11) is 0. The molecule has 3 atom stereocenters. The van der Waals surface area contributed by atoms with E-state index in [-0.39, 0.29) is 50.6 Å². The van der Waals surface area contributed by atoms with Crippen LogP contribution in [0.3, 0.4) is 0 Å². The molecule has 1 saturated heterocycles. The average Bonchev–Trinajstić information content (AvgIpc) is 3.24. The third-order valence-electron chi connectivity index (χ3n) is 11.2. The van der Waals surface area contributed by atoms with Crippen LogP contribution in [-0.2, 0) is 54.6 Å². The summed E-state index contributed by atoms with van der Waals surface area (Å²) in [5.74, 6) is -3.18. The van der Waals surface area contributed by atoms with E-state index in [4.69, 9.17) is 5.73 Å². The molecule has 316 valence electrons. The smallest absolute Gasteiger partial charge is 0.246 e. The molecule has 14 heteroatoms. The number of carbonyl (C=O) groups excluding carboxylic acids is 7. The summed E-state index contributed by atoms with van der Waals surface area (Å²) in [6.45, 7) is 1.95. The van der Waals surface area contributed by atoms with Crippen molar-refractivity contribution in [1.29, 1.82) is 0 Å². The Morgan fingerprint density at radius 2 is 1.52 bits per heavy atom. The number of halogens is 1. The number of amides is 6. The Balaban J connectivity index is 1.34. The van der Waals surface area contributed by atoms with Crippen molar-refractivity contribution in [2.24, 2.45) is 11.1 Å². The van der Waals surface area contributed by atoms with Gasteiger partial charge in [0.1, 0.15) is 12.1 Å². The first-order valence-corrected chi connectivity index (χ1v) is 21.0. The number of nitrogens with one attached hydrogen (secondary N) is 4. The van der Waals surface area contributed by atoms with E-state index >= 15 is 0 Å². The highest BCUT2D eigenvalue weighted by Crippen LogP contribution is 2.35. The van der Waals surface area contributed by atoms with Crippen molar-refractivity contribution in [1.82, 2.24) is 26.2 Å². The highest BCUT2D eigenvalue weighted by molar-refractivity contribution is 9.10. The van der Waals surface area contributed by atoms with Crippen molar-refractivity contribution >= 4 is 57.2 Å². The average molecular weight is 890 g/mol. The Hall–Kier alpha value is -6.41. The summed E-state index contributed by atoms with van der Waals surface area (Å²) in [6, 6.07) is 27.6. The lowest BCUT2D eigenvalue weighted by molar-refractivity contribution is -0.141. The quantitative estimate of drug-likeness (QED) is 0.172. The molecule has 2 aliphatic heterocycles. The highest BCUT2D eigenvalue weighted by atomic mass is 79.9. The molecule has 6 N–H and O–H groups in total. The molecule has 13 nitrogen and oxygen atoms in total. The molecule has 2 aliphatic rings. The van der Waals surface area contributed by atoms with Crippen LogP contribution in [0.4, 0.5) is 0 Å². The zero-order valence-corrected chi connectivity index (χ0v) is 35.5. The van der Waals surface area contributed by atoms with Crippen LogP contribution in [0.1, 0.15) is 58.8 Å². The number of nitrogens with two attached hydrogens (primary N) is 1. The summed E-state index contributed by atoms with van der Waals surface area (Å²) < 4.78 is 0.682. The fourth-order valence-electron chi connectivity index (χ4n) is 7.85. The van der Waals surface area contributed by atoms with Gasteiger partial charge in [-0.25, -0.2) is 0 Å². The monoisotopic (exact) mass is 888 g/mol. The Bertz CT molecular complexity index is 2330. The molecule has 0 saturated carbocycles. The lowest BCUT2D eigenvalue weighted by atomic mass is 9.74. The fraction of sp³-hybridized carbons (Fsp3) is 0.298. The summed E-state index contributed by atoms with van der Waals surface area (Å²) in [6.07, 6.45) is 3.53. The number of rotatable bonds is 7. The molecule has 1 fully saturated rings. The van der Waals surface area contributed by atoms with E-state index in [1.807, 2.05) is 66.7 Å². The van der Waals surface area contributed by atoms with Crippen molar-refractivity contribution in [2.45, 2.75) is 64.1 Å². The van der Waals surface area contributed by atoms with Gasteiger partial charge in [-0.3, -0.25) is 33.6 Å². The van der Waals surface area contributed by atoms with Crippen molar-refractivity contribution < 1.29 is 33.6 Å². The minimum Gasteiger partial charge on any atom is -0.368 e. The highest BCUT2D eigenvalue weighted by Gasteiger charge is 2.44. The van der Waals surface area contributed by atoms with E-state index in [1.165, 1.54) is 6.92 Å². The molecular formula is C47H49BrN6O7. The third-order valence-corrected chi connectivity index (χ3v) is 11.8. The fourth-order valence-corrected chi connectivity index (χ4v) is 8.51.